The summed E-state index contributed by atoms with van der Waals surface area (Å²) in [6, 6.07) is 1.50. The Kier molecular flexibility index (Phi) is 4.82. The summed E-state index contributed by atoms with van der Waals surface area (Å²) in [5, 5.41) is 19.0. The van der Waals surface area contributed by atoms with Crippen LogP contribution in [0.4, 0.5) is 4.39 Å². The number of carboxylic acids is 2. The van der Waals surface area contributed by atoms with Gasteiger partial charge in [0.15, 0.2) is 0 Å². The van der Waals surface area contributed by atoms with Crippen LogP contribution in [-0.2, 0) is 9.59 Å². The smallest absolute Gasteiger partial charge is 0.326 e. The SMILES string of the molecule is O=C(O)C[C@@H](NC(=O)c1ccc(F)c(Cl)c1)C(=O)O. The van der Waals surface area contributed by atoms with Crippen LogP contribution < -0.4 is 5.32 Å². The van der Waals surface area contributed by atoms with Gasteiger partial charge in [-0.1, -0.05) is 11.6 Å². The maximum Gasteiger partial charge on any atom is 0.326 e. The van der Waals surface area contributed by atoms with Gasteiger partial charge < -0.3 is 15.5 Å². The molecule has 8 heteroatoms. The lowest BCUT2D eigenvalue weighted by atomic mass is 10.1. The average Bonchev–Trinajstić information content (AvgIpc) is 2.31. The lowest BCUT2D eigenvalue weighted by molar-refractivity contribution is -0.145. The van der Waals surface area contributed by atoms with Gasteiger partial charge in [0, 0.05) is 5.56 Å². The van der Waals surface area contributed by atoms with E-state index < -0.39 is 36.1 Å². The fourth-order valence-electron chi connectivity index (χ4n) is 1.25. The van der Waals surface area contributed by atoms with Gasteiger partial charge >= 0.3 is 11.9 Å². The maximum atomic E-state index is 12.9. The molecule has 0 radical (unpaired) electrons. The van der Waals surface area contributed by atoms with Crippen molar-refractivity contribution < 1.29 is 29.0 Å². The van der Waals surface area contributed by atoms with Crippen molar-refractivity contribution in [2.75, 3.05) is 0 Å². The second-order valence-corrected chi connectivity index (χ2v) is 4.00. The third kappa shape index (κ3) is 4.22. The molecule has 1 rings (SSSR count). The average molecular weight is 290 g/mol. The molecule has 0 spiro atoms. The first-order chi connectivity index (χ1) is 8.81. The first-order valence-electron chi connectivity index (χ1n) is 5.01. The Morgan fingerprint density at radius 3 is 2.42 bits per heavy atom. The number of hydrogen-bond donors (Lipinski definition) is 3. The zero-order valence-corrected chi connectivity index (χ0v) is 10.1. The van der Waals surface area contributed by atoms with E-state index in [1.165, 1.54) is 0 Å². The number of carbonyl (C=O) groups is 3. The Balaban J connectivity index is 2.84. The van der Waals surface area contributed by atoms with Crippen LogP contribution in [0.5, 0.6) is 0 Å². The minimum Gasteiger partial charge on any atom is -0.481 e. The highest BCUT2D eigenvalue weighted by atomic mass is 35.5. The van der Waals surface area contributed by atoms with Gasteiger partial charge in [0.25, 0.3) is 5.91 Å². The third-order valence-corrected chi connectivity index (χ3v) is 2.45. The van der Waals surface area contributed by atoms with Gasteiger partial charge in [-0.15, -0.1) is 0 Å². The summed E-state index contributed by atoms with van der Waals surface area (Å²) in [7, 11) is 0. The van der Waals surface area contributed by atoms with Gasteiger partial charge in [-0.2, -0.15) is 0 Å². The predicted octanol–water partition coefficient (Wildman–Crippen LogP) is 1.14. The molecule has 0 aliphatic carbocycles. The van der Waals surface area contributed by atoms with Crippen LogP contribution >= 0.6 is 11.6 Å². The molecule has 0 aromatic heterocycles. The normalized spacial score (nSPS) is 11.7. The standard InChI is InChI=1S/C11H9ClFNO5/c12-6-3-5(1-2-7(6)13)10(17)14-8(11(18)19)4-9(15)16/h1-3,8H,4H2,(H,14,17)(H,15,16)(H,18,19)/t8-/m1/s1. The molecule has 0 saturated carbocycles. The molecule has 102 valence electrons. The van der Waals surface area contributed by atoms with E-state index >= 15 is 0 Å². The molecule has 0 saturated heterocycles. The van der Waals surface area contributed by atoms with E-state index in [2.05, 4.69) is 0 Å². The van der Waals surface area contributed by atoms with E-state index in [9.17, 15) is 18.8 Å². The van der Waals surface area contributed by atoms with E-state index in [1.54, 1.807) is 0 Å². The van der Waals surface area contributed by atoms with Crippen LogP contribution in [0, 0.1) is 5.82 Å². The van der Waals surface area contributed by atoms with Crippen LogP contribution in [0.25, 0.3) is 0 Å². The molecule has 1 aromatic rings. The number of amides is 1. The van der Waals surface area contributed by atoms with E-state index in [1.807, 2.05) is 5.32 Å². The zero-order chi connectivity index (χ0) is 14.6. The predicted molar refractivity (Wildman–Crippen MR) is 62.6 cm³/mol. The number of nitrogens with one attached hydrogen (secondary N) is 1. The first kappa shape index (κ1) is 14.9. The van der Waals surface area contributed by atoms with Gasteiger partial charge in [-0.25, -0.2) is 9.18 Å². The number of aliphatic carboxylic acids is 2. The Morgan fingerprint density at radius 2 is 1.95 bits per heavy atom. The van der Waals surface area contributed by atoms with Gasteiger partial charge in [0.1, 0.15) is 11.9 Å². The van der Waals surface area contributed by atoms with Crippen molar-refractivity contribution in [3.05, 3.63) is 34.6 Å². The molecule has 0 unspecified atom stereocenters. The van der Waals surface area contributed by atoms with Crippen molar-refractivity contribution in [2.24, 2.45) is 0 Å². The number of carboxylic acid groups (broad SMARTS) is 2. The molecule has 1 aromatic carbocycles. The molecule has 1 amide bonds. The van der Waals surface area contributed by atoms with Crippen molar-refractivity contribution in [3.8, 4) is 0 Å². The molecule has 1 atom stereocenters. The minimum absolute atomic E-state index is 0.0666. The number of carbonyl (C=O) groups excluding carboxylic acids is 1. The molecule has 3 N–H and O–H groups in total. The Labute approximate surface area is 111 Å². The van der Waals surface area contributed by atoms with E-state index in [0.717, 1.165) is 18.2 Å². The van der Waals surface area contributed by atoms with Crippen molar-refractivity contribution in [1.29, 1.82) is 0 Å². The first-order valence-corrected chi connectivity index (χ1v) is 5.39. The van der Waals surface area contributed by atoms with E-state index in [-0.39, 0.29) is 10.6 Å². The molecular formula is C11H9ClFNO5. The lowest BCUT2D eigenvalue weighted by Gasteiger charge is -2.12. The molecule has 0 aliphatic heterocycles. The minimum atomic E-state index is -1.58. The number of hydrogen-bond acceptors (Lipinski definition) is 3. The fourth-order valence-corrected chi connectivity index (χ4v) is 1.43. The topological polar surface area (TPSA) is 104 Å². The lowest BCUT2D eigenvalue weighted by Crippen LogP contribution is -2.42. The zero-order valence-electron chi connectivity index (χ0n) is 9.39. The molecule has 0 fully saturated rings. The maximum absolute atomic E-state index is 12.9. The summed E-state index contributed by atoms with van der Waals surface area (Å²) in [6.45, 7) is 0. The Hall–Kier alpha value is -2.15. The van der Waals surface area contributed by atoms with Crippen molar-refractivity contribution in [3.63, 3.8) is 0 Å². The number of halogens is 2. The third-order valence-electron chi connectivity index (χ3n) is 2.16. The highest BCUT2D eigenvalue weighted by molar-refractivity contribution is 6.31. The van der Waals surface area contributed by atoms with E-state index in [4.69, 9.17) is 21.8 Å². The van der Waals surface area contributed by atoms with Gasteiger partial charge in [0.2, 0.25) is 0 Å². The summed E-state index contributed by atoms with van der Waals surface area (Å²) >= 11 is 5.48. The van der Waals surface area contributed by atoms with Crippen molar-refractivity contribution in [1.82, 2.24) is 5.32 Å². The fraction of sp³-hybridized carbons (Fsp3) is 0.182. The summed E-state index contributed by atoms with van der Waals surface area (Å²) in [5.74, 6) is -4.43. The quantitative estimate of drug-likeness (QED) is 0.754. The van der Waals surface area contributed by atoms with Crippen molar-refractivity contribution >= 4 is 29.4 Å². The Bertz CT molecular complexity index is 534. The number of rotatable bonds is 5. The molecular weight excluding hydrogens is 281 g/mol. The Morgan fingerprint density at radius 1 is 1.32 bits per heavy atom. The van der Waals surface area contributed by atoms with Crippen LogP contribution in [0.3, 0.4) is 0 Å². The molecule has 0 aliphatic rings. The summed E-state index contributed by atoms with van der Waals surface area (Å²) in [4.78, 5) is 32.9. The van der Waals surface area contributed by atoms with Gasteiger partial charge in [-0.3, -0.25) is 9.59 Å². The molecule has 0 bridgehead atoms. The van der Waals surface area contributed by atoms with Gasteiger partial charge in [-0.05, 0) is 18.2 Å². The second-order valence-electron chi connectivity index (χ2n) is 3.59. The summed E-state index contributed by atoms with van der Waals surface area (Å²) in [5.41, 5.74) is -0.0666. The largest absolute Gasteiger partial charge is 0.481 e. The van der Waals surface area contributed by atoms with Crippen molar-refractivity contribution in [2.45, 2.75) is 12.5 Å². The summed E-state index contributed by atoms with van der Waals surface area (Å²) in [6.07, 6.45) is -0.768. The second kappa shape index (κ2) is 6.14. The number of benzene rings is 1. The van der Waals surface area contributed by atoms with E-state index in [0.29, 0.717) is 0 Å². The van der Waals surface area contributed by atoms with Crippen LogP contribution in [0.1, 0.15) is 16.8 Å². The van der Waals surface area contributed by atoms with Crippen LogP contribution in [-0.4, -0.2) is 34.1 Å². The molecule has 6 nitrogen and oxygen atoms in total. The van der Waals surface area contributed by atoms with Crippen LogP contribution in [0.15, 0.2) is 18.2 Å². The van der Waals surface area contributed by atoms with Crippen LogP contribution in [0.2, 0.25) is 5.02 Å². The highest BCUT2D eigenvalue weighted by Crippen LogP contribution is 2.16. The van der Waals surface area contributed by atoms with Gasteiger partial charge in [0.05, 0.1) is 11.4 Å². The summed E-state index contributed by atoms with van der Waals surface area (Å²) < 4.78 is 12.9. The molecule has 19 heavy (non-hydrogen) atoms. The highest BCUT2D eigenvalue weighted by Gasteiger charge is 2.23. The monoisotopic (exact) mass is 289 g/mol. The molecule has 0 heterocycles.